The van der Waals surface area contributed by atoms with Crippen LogP contribution in [-0.4, -0.2) is 27.3 Å². The van der Waals surface area contributed by atoms with Gasteiger partial charge in [0.25, 0.3) is 0 Å². The number of anilines is 1. The van der Waals surface area contributed by atoms with Crippen LogP contribution in [0, 0.1) is 19.7 Å². The molecule has 32 heavy (non-hydrogen) atoms. The van der Waals surface area contributed by atoms with Gasteiger partial charge < -0.3 is 10.1 Å². The zero-order valence-corrected chi connectivity index (χ0v) is 18.9. The average molecular weight is 451 g/mol. The molecular weight excluding hydrogens is 427 g/mol. The van der Waals surface area contributed by atoms with E-state index in [9.17, 15) is 9.18 Å². The van der Waals surface area contributed by atoms with Crippen LogP contribution in [0.1, 0.15) is 23.9 Å². The Balaban J connectivity index is 1.49. The number of carbonyl (C=O) groups is 1. The van der Waals surface area contributed by atoms with Crippen LogP contribution in [0.15, 0.2) is 53.9 Å². The highest BCUT2D eigenvalue weighted by molar-refractivity contribution is 7.12. The molecule has 0 aliphatic carbocycles. The third-order valence-electron chi connectivity index (χ3n) is 5.04. The molecule has 4 aromatic rings. The molecule has 0 spiro atoms. The fraction of sp³-hybridized carbons (Fsp3) is 0.208. The number of nitrogens with zero attached hydrogens (tertiary/aromatic N) is 3. The molecule has 2 heterocycles. The Kier molecular flexibility index (Phi) is 6.32. The van der Waals surface area contributed by atoms with E-state index in [0.29, 0.717) is 17.4 Å². The van der Waals surface area contributed by atoms with Crippen LogP contribution in [0.5, 0.6) is 5.75 Å². The molecule has 8 heteroatoms. The number of carbonyl (C=O) groups excluding carboxylic acids is 1. The van der Waals surface area contributed by atoms with Crippen LogP contribution >= 0.6 is 11.3 Å². The minimum atomic E-state index is -0.282. The number of aromatic nitrogens is 3. The lowest BCUT2D eigenvalue weighted by Crippen LogP contribution is -2.15. The summed E-state index contributed by atoms with van der Waals surface area (Å²) in [5.74, 6) is 0.365. The van der Waals surface area contributed by atoms with Gasteiger partial charge in [0.1, 0.15) is 11.6 Å². The first-order valence-corrected chi connectivity index (χ1v) is 11.1. The lowest BCUT2D eigenvalue weighted by Gasteiger charge is -2.07. The van der Waals surface area contributed by atoms with E-state index in [1.807, 2.05) is 50.4 Å². The van der Waals surface area contributed by atoms with Crippen molar-refractivity contribution in [2.45, 2.75) is 27.2 Å². The number of halogens is 1. The molecule has 1 amide bonds. The number of hydrogen-bond donors (Lipinski definition) is 1. The van der Waals surface area contributed by atoms with Crippen LogP contribution in [0.2, 0.25) is 0 Å². The first-order valence-electron chi connectivity index (χ1n) is 10.2. The molecule has 164 valence electrons. The molecule has 0 aliphatic rings. The van der Waals surface area contributed by atoms with E-state index in [-0.39, 0.29) is 18.1 Å². The fourth-order valence-electron chi connectivity index (χ4n) is 3.40. The standard InChI is InChI=1S/C24H23FN4O2S/c1-4-31-20-11-9-19(10-12-20)26-23(30)13-21-15(2)28-29(16(21)3)24-27-22(14-32-24)17-5-7-18(25)8-6-17/h5-12,14H,4,13H2,1-3H3,(H,26,30). The lowest BCUT2D eigenvalue weighted by atomic mass is 10.1. The summed E-state index contributed by atoms with van der Waals surface area (Å²) in [7, 11) is 0. The molecule has 0 aliphatic heterocycles. The van der Waals surface area contributed by atoms with Crippen LogP contribution < -0.4 is 10.1 Å². The Morgan fingerprint density at radius 3 is 2.53 bits per heavy atom. The largest absolute Gasteiger partial charge is 0.494 e. The maximum Gasteiger partial charge on any atom is 0.228 e. The highest BCUT2D eigenvalue weighted by atomic mass is 32.1. The summed E-state index contributed by atoms with van der Waals surface area (Å²) in [5, 5.41) is 10.1. The van der Waals surface area contributed by atoms with Gasteiger partial charge in [-0.2, -0.15) is 5.10 Å². The van der Waals surface area contributed by atoms with Gasteiger partial charge in [-0.15, -0.1) is 11.3 Å². The van der Waals surface area contributed by atoms with Crippen molar-refractivity contribution in [3.8, 4) is 22.1 Å². The van der Waals surface area contributed by atoms with Crippen molar-refractivity contribution in [2.24, 2.45) is 0 Å². The van der Waals surface area contributed by atoms with Gasteiger partial charge in [-0.25, -0.2) is 14.1 Å². The van der Waals surface area contributed by atoms with Gasteiger partial charge in [0.05, 0.1) is 24.4 Å². The molecule has 0 saturated heterocycles. The van der Waals surface area contributed by atoms with Crippen molar-refractivity contribution >= 4 is 22.9 Å². The molecule has 0 fully saturated rings. The van der Waals surface area contributed by atoms with E-state index in [0.717, 1.165) is 34.0 Å². The SMILES string of the molecule is CCOc1ccc(NC(=O)Cc2c(C)nn(-c3nc(-c4ccc(F)cc4)cs3)c2C)cc1. The molecule has 0 saturated carbocycles. The summed E-state index contributed by atoms with van der Waals surface area (Å²) in [4.78, 5) is 17.3. The van der Waals surface area contributed by atoms with Gasteiger partial charge in [-0.1, -0.05) is 0 Å². The summed E-state index contributed by atoms with van der Waals surface area (Å²) < 4.78 is 20.4. The normalized spacial score (nSPS) is 10.9. The molecule has 1 N–H and O–H groups in total. The molecular formula is C24H23FN4O2S. The summed E-state index contributed by atoms with van der Waals surface area (Å²) in [6, 6.07) is 13.5. The van der Waals surface area contributed by atoms with Crippen LogP contribution in [-0.2, 0) is 11.2 Å². The Hall–Kier alpha value is -3.52. The number of amides is 1. The zero-order chi connectivity index (χ0) is 22.7. The fourth-order valence-corrected chi connectivity index (χ4v) is 4.23. The van der Waals surface area contributed by atoms with Crippen molar-refractivity contribution in [1.82, 2.24) is 14.8 Å². The van der Waals surface area contributed by atoms with E-state index in [2.05, 4.69) is 15.4 Å². The second-order valence-electron chi connectivity index (χ2n) is 7.27. The van der Waals surface area contributed by atoms with Gasteiger partial charge in [0.2, 0.25) is 11.0 Å². The van der Waals surface area contributed by atoms with E-state index in [1.54, 1.807) is 16.8 Å². The first-order chi connectivity index (χ1) is 15.4. The topological polar surface area (TPSA) is 69.0 Å². The molecule has 2 aromatic heterocycles. The predicted octanol–water partition coefficient (Wildman–Crippen LogP) is 5.33. The van der Waals surface area contributed by atoms with Crippen molar-refractivity contribution in [3.05, 3.63) is 76.7 Å². The molecule has 0 atom stereocenters. The van der Waals surface area contributed by atoms with E-state index < -0.39 is 0 Å². The maximum atomic E-state index is 13.2. The van der Waals surface area contributed by atoms with Gasteiger partial charge in [-0.05, 0) is 69.3 Å². The Morgan fingerprint density at radius 2 is 1.84 bits per heavy atom. The Labute approximate surface area is 189 Å². The highest BCUT2D eigenvalue weighted by Crippen LogP contribution is 2.27. The number of nitrogens with one attached hydrogen (secondary N) is 1. The number of rotatable bonds is 7. The van der Waals surface area contributed by atoms with E-state index in [4.69, 9.17) is 4.74 Å². The minimum absolute atomic E-state index is 0.119. The number of ether oxygens (including phenoxy) is 1. The van der Waals surface area contributed by atoms with Crippen LogP contribution in [0.3, 0.4) is 0 Å². The summed E-state index contributed by atoms with van der Waals surface area (Å²) in [6.07, 6.45) is 0.209. The Morgan fingerprint density at radius 1 is 1.12 bits per heavy atom. The van der Waals surface area contributed by atoms with Crippen LogP contribution in [0.4, 0.5) is 10.1 Å². The number of aryl methyl sites for hydroxylation is 1. The van der Waals surface area contributed by atoms with Gasteiger partial charge in [0.15, 0.2) is 0 Å². The van der Waals surface area contributed by atoms with Gasteiger partial charge in [-0.3, -0.25) is 4.79 Å². The number of benzene rings is 2. The van der Waals surface area contributed by atoms with E-state index >= 15 is 0 Å². The second-order valence-corrected chi connectivity index (χ2v) is 8.10. The second kappa shape index (κ2) is 9.32. The first kappa shape index (κ1) is 21.7. The minimum Gasteiger partial charge on any atom is -0.494 e. The smallest absolute Gasteiger partial charge is 0.228 e. The summed E-state index contributed by atoms with van der Waals surface area (Å²) >= 11 is 1.45. The maximum absolute atomic E-state index is 13.2. The molecule has 0 radical (unpaired) electrons. The van der Waals surface area contributed by atoms with Crippen molar-refractivity contribution in [3.63, 3.8) is 0 Å². The molecule has 0 unspecified atom stereocenters. The predicted molar refractivity (Wildman–Crippen MR) is 124 cm³/mol. The van der Waals surface area contributed by atoms with Crippen LogP contribution in [0.25, 0.3) is 16.4 Å². The van der Waals surface area contributed by atoms with Crippen molar-refractivity contribution < 1.29 is 13.9 Å². The molecule has 6 nitrogen and oxygen atoms in total. The third-order valence-corrected chi connectivity index (χ3v) is 5.86. The van der Waals surface area contributed by atoms with Crippen molar-refractivity contribution in [2.75, 3.05) is 11.9 Å². The Bertz CT molecular complexity index is 1230. The monoisotopic (exact) mass is 450 g/mol. The van der Waals surface area contributed by atoms with Gasteiger partial charge in [0, 0.05) is 27.9 Å². The number of hydrogen-bond acceptors (Lipinski definition) is 5. The molecule has 2 aromatic carbocycles. The third kappa shape index (κ3) is 4.70. The summed E-state index contributed by atoms with van der Waals surface area (Å²) in [6.45, 7) is 6.34. The molecule has 0 bridgehead atoms. The zero-order valence-electron chi connectivity index (χ0n) is 18.1. The average Bonchev–Trinajstić information content (AvgIpc) is 3.36. The lowest BCUT2D eigenvalue weighted by molar-refractivity contribution is -0.115. The quantitative estimate of drug-likeness (QED) is 0.413. The highest BCUT2D eigenvalue weighted by Gasteiger charge is 2.18. The number of thiazole rings is 1. The molecule has 4 rings (SSSR count). The van der Waals surface area contributed by atoms with E-state index in [1.165, 1.54) is 23.5 Å². The van der Waals surface area contributed by atoms with Crippen molar-refractivity contribution in [1.29, 1.82) is 0 Å². The van der Waals surface area contributed by atoms with Gasteiger partial charge >= 0.3 is 0 Å². The summed E-state index contributed by atoms with van der Waals surface area (Å²) in [5.41, 5.74) is 4.82.